The molecule has 1 heterocycles. The van der Waals surface area contributed by atoms with Crippen molar-refractivity contribution in [1.29, 1.82) is 0 Å². The lowest BCUT2D eigenvalue weighted by atomic mass is 9.88. The fourth-order valence-corrected chi connectivity index (χ4v) is 4.51. The molecule has 0 saturated heterocycles. The van der Waals surface area contributed by atoms with Gasteiger partial charge < -0.3 is 9.47 Å². The molecule has 0 N–H and O–H groups in total. The standard InChI is InChI=1S/C29H43NO2/c1-3-5-7-9-10-11-12-14-21-31-25-16-17-26-24(23-25)15-19-28-27(26)18-20-29(30-28)32-22-13-8-6-4-2/h16-18,20,23H,3-15,19,21-22H2,1-2H3. The first-order chi connectivity index (χ1) is 15.8. The minimum absolute atomic E-state index is 0.766. The minimum Gasteiger partial charge on any atom is -0.494 e. The van der Waals surface area contributed by atoms with Crippen LogP contribution in [0.1, 0.15) is 102 Å². The van der Waals surface area contributed by atoms with Gasteiger partial charge in [-0.2, -0.15) is 0 Å². The van der Waals surface area contributed by atoms with E-state index in [1.165, 1.54) is 80.9 Å². The maximum Gasteiger partial charge on any atom is 0.213 e. The van der Waals surface area contributed by atoms with Crippen molar-refractivity contribution < 1.29 is 9.47 Å². The van der Waals surface area contributed by atoms with Crippen molar-refractivity contribution in [2.24, 2.45) is 0 Å². The lowest BCUT2D eigenvalue weighted by molar-refractivity contribution is 0.293. The molecule has 3 heteroatoms. The zero-order valence-corrected chi connectivity index (χ0v) is 20.5. The molecule has 0 unspecified atom stereocenters. The molecule has 1 aromatic heterocycles. The molecular formula is C29H43NO2. The van der Waals surface area contributed by atoms with E-state index in [4.69, 9.17) is 14.5 Å². The third-order valence-corrected chi connectivity index (χ3v) is 6.46. The topological polar surface area (TPSA) is 31.4 Å². The zero-order chi connectivity index (χ0) is 22.4. The molecule has 0 saturated carbocycles. The van der Waals surface area contributed by atoms with Crippen molar-refractivity contribution in [2.75, 3.05) is 13.2 Å². The molecule has 0 aliphatic heterocycles. The number of benzene rings is 1. The molecular weight excluding hydrogens is 394 g/mol. The number of nitrogens with zero attached hydrogens (tertiary/aromatic N) is 1. The van der Waals surface area contributed by atoms with E-state index in [0.717, 1.165) is 56.2 Å². The number of fused-ring (bicyclic) bond motifs is 3. The summed E-state index contributed by atoms with van der Waals surface area (Å²) in [6.07, 6.45) is 17.5. The highest BCUT2D eigenvalue weighted by atomic mass is 16.5. The summed E-state index contributed by atoms with van der Waals surface area (Å²) in [6, 6.07) is 10.8. The maximum absolute atomic E-state index is 6.06. The predicted octanol–water partition coefficient (Wildman–Crippen LogP) is 8.33. The van der Waals surface area contributed by atoms with Crippen molar-refractivity contribution in [2.45, 2.75) is 104 Å². The van der Waals surface area contributed by atoms with E-state index in [1.54, 1.807) is 0 Å². The van der Waals surface area contributed by atoms with Gasteiger partial charge in [0, 0.05) is 11.6 Å². The minimum atomic E-state index is 0.766. The van der Waals surface area contributed by atoms with Gasteiger partial charge in [-0.3, -0.25) is 0 Å². The number of hydrogen-bond donors (Lipinski definition) is 0. The van der Waals surface area contributed by atoms with Crippen LogP contribution in [0.4, 0.5) is 0 Å². The lowest BCUT2D eigenvalue weighted by Gasteiger charge is -2.20. The van der Waals surface area contributed by atoms with Gasteiger partial charge >= 0.3 is 0 Å². The van der Waals surface area contributed by atoms with Gasteiger partial charge in [0.05, 0.1) is 18.9 Å². The van der Waals surface area contributed by atoms with Crippen molar-refractivity contribution in [3.05, 3.63) is 41.6 Å². The quantitative estimate of drug-likeness (QED) is 0.247. The van der Waals surface area contributed by atoms with Gasteiger partial charge in [0.15, 0.2) is 0 Å². The highest BCUT2D eigenvalue weighted by Gasteiger charge is 2.18. The molecule has 0 amide bonds. The average molecular weight is 438 g/mol. The van der Waals surface area contributed by atoms with E-state index in [0.29, 0.717) is 0 Å². The molecule has 0 radical (unpaired) electrons. The number of unbranched alkanes of at least 4 members (excludes halogenated alkanes) is 10. The van der Waals surface area contributed by atoms with Crippen LogP contribution in [-0.4, -0.2) is 18.2 Å². The highest BCUT2D eigenvalue weighted by molar-refractivity contribution is 5.73. The van der Waals surface area contributed by atoms with Crippen LogP contribution in [0.3, 0.4) is 0 Å². The van der Waals surface area contributed by atoms with Crippen molar-refractivity contribution >= 4 is 0 Å². The Morgan fingerprint density at radius 2 is 1.28 bits per heavy atom. The van der Waals surface area contributed by atoms with Gasteiger partial charge in [0.2, 0.25) is 5.88 Å². The Morgan fingerprint density at radius 1 is 0.656 bits per heavy atom. The van der Waals surface area contributed by atoms with Gasteiger partial charge in [0.25, 0.3) is 0 Å². The lowest BCUT2D eigenvalue weighted by Crippen LogP contribution is -2.08. The predicted molar refractivity (Wildman–Crippen MR) is 135 cm³/mol. The number of hydrogen-bond acceptors (Lipinski definition) is 3. The zero-order valence-electron chi connectivity index (χ0n) is 20.5. The summed E-state index contributed by atoms with van der Waals surface area (Å²) in [5, 5.41) is 0. The van der Waals surface area contributed by atoms with Crippen molar-refractivity contribution in [3.63, 3.8) is 0 Å². The summed E-state index contributed by atoms with van der Waals surface area (Å²) >= 11 is 0. The summed E-state index contributed by atoms with van der Waals surface area (Å²) in [5.74, 6) is 1.78. The summed E-state index contributed by atoms with van der Waals surface area (Å²) in [4.78, 5) is 4.80. The third-order valence-electron chi connectivity index (χ3n) is 6.46. The molecule has 2 aromatic rings. The van der Waals surface area contributed by atoms with Crippen molar-refractivity contribution in [3.8, 4) is 22.8 Å². The van der Waals surface area contributed by atoms with Gasteiger partial charge in [-0.1, -0.05) is 84.1 Å². The Balaban J connectivity index is 1.44. The van der Waals surface area contributed by atoms with E-state index in [2.05, 4.69) is 38.1 Å². The Hall–Kier alpha value is -2.03. The Bertz CT molecular complexity index is 802. The molecule has 1 aliphatic rings. The highest BCUT2D eigenvalue weighted by Crippen LogP contribution is 2.35. The summed E-state index contributed by atoms with van der Waals surface area (Å²) < 4.78 is 12.0. The molecule has 1 aromatic carbocycles. The van der Waals surface area contributed by atoms with Crippen LogP contribution in [0.2, 0.25) is 0 Å². The molecule has 176 valence electrons. The average Bonchev–Trinajstić information content (AvgIpc) is 2.82. The third kappa shape index (κ3) is 7.83. The van der Waals surface area contributed by atoms with Crippen LogP contribution in [-0.2, 0) is 12.8 Å². The number of aromatic nitrogens is 1. The molecule has 0 spiro atoms. The van der Waals surface area contributed by atoms with Crippen molar-refractivity contribution in [1.82, 2.24) is 4.98 Å². The van der Waals surface area contributed by atoms with Crippen LogP contribution < -0.4 is 9.47 Å². The number of ether oxygens (including phenoxy) is 2. The Morgan fingerprint density at radius 3 is 2.03 bits per heavy atom. The molecule has 0 fully saturated rings. The first-order valence-corrected chi connectivity index (χ1v) is 13.2. The van der Waals surface area contributed by atoms with Gasteiger partial charge in [-0.25, -0.2) is 4.98 Å². The van der Waals surface area contributed by atoms with E-state index in [9.17, 15) is 0 Å². The molecule has 0 atom stereocenters. The fourth-order valence-electron chi connectivity index (χ4n) is 4.51. The largest absolute Gasteiger partial charge is 0.494 e. The number of pyridine rings is 1. The van der Waals surface area contributed by atoms with E-state index >= 15 is 0 Å². The van der Waals surface area contributed by atoms with E-state index < -0.39 is 0 Å². The van der Waals surface area contributed by atoms with Gasteiger partial charge in [-0.05, 0) is 55.0 Å². The monoisotopic (exact) mass is 437 g/mol. The molecule has 32 heavy (non-hydrogen) atoms. The van der Waals surface area contributed by atoms with Crippen LogP contribution in [0.15, 0.2) is 30.3 Å². The number of aryl methyl sites for hydroxylation is 2. The molecule has 3 rings (SSSR count). The molecule has 3 nitrogen and oxygen atoms in total. The molecule has 1 aliphatic carbocycles. The van der Waals surface area contributed by atoms with Gasteiger partial charge in [0.1, 0.15) is 5.75 Å². The van der Waals surface area contributed by atoms with Crippen LogP contribution >= 0.6 is 0 Å². The summed E-state index contributed by atoms with van der Waals surface area (Å²) in [5.41, 5.74) is 5.09. The van der Waals surface area contributed by atoms with E-state index in [1.807, 2.05) is 6.07 Å². The fraction of sp³-hybridized carbons (Fsp3) is 0.621. The normalized spacial score (nSPS) is 12.3. The second-order valence-corrected chi connectivity index (χ2v) is 9.20. The SMILES string of the molecule is CCCCCCCCCCOc1ccc2c(c1)CCc1nc(OCCCCCC)ccc1-2. The molecule has 0 bridgehead atoms. The summed E-state index contributed by atoms with van der Waals surface area (Å²) in [6.45, 7) is 6.10. The maximum atomic E-state index is 6.06. The van der Waals surface area contributed by atoms with E-state index in [-0.39, 0.29) is 0 Å². The van der Waals surface area contributed by atoms with Gasteiger partial charge in [-0.15, -0.1) is 0 Å². The second kappa shape index (κ2) is 14.2. The number of rotatable bonds is 16. The Kier molecular flexibility index (Phi) is 10.9. The summed E-state index contributed by atoms with van der Waals surface area (Å²) in [7, 11) is 0. The van der Waals surface area contributed by atoms with Crippen LogP contribution in [0, 0.1) is 0 Å². The van der Waals surface area contributed by atoms with Crippen LogP contribution in [0.25, 0.3) is 11.1 Å². The Labute approximate surface area is 195 Å². The first kappa shape index (κ1) is 24.6. The van der Waals surface area contributed by atoms with Crippen LogP contribution in [0.5, 0.6) is 11.6 Å². The second-order valence-electron chi connectivity index (χ2n) is 9.20. The smallest absolute Gasteiger partial charge is 0.213 e. The first-order valence-electron chi connectivity index (χ1n) is 13.2.